The molecule has 0 bridgehead atoms. The first kappa shape index (κ1) is 17.5. The van der Waals surface area contributed by atoms with E-state index < -0.39 is 35.7 Å². The molecule has 0 radical (unpaired) electrons. The normalized spacial score (nSPS) is 11.1. The second-order valence-electron chi connectivity index (χ2n) is 5.02. The number of halogens is 3. The van der Waals surface area contributed by atoms with Crippen molar-refractivity contribution in [2.75, 3.05) is 0 Å². The Hall–Kier alpha value is -2.90. The highest BCUT2D eigenvalue weighted by Gasteiger charge is 2.31. The van der Waals surface area contributed by atoms with E-state index in [1.165, 1.54) is 0 Å². The Labute approximate surface area is 134 Å². The molecule has 5 nitrogen and oxygen atoms in total. The monoisotopic (exact) mass is 338 g/mol. The highest BCUT2D eigenvalue weighted by atomic mass is 19.4. The average molecular weight is 338 g/mol. The maximum absolute atomic E-state index is 12.6. The van der Waals surface area contributed by atoms with Gasteiger partial charge in [-0.3, -0.25) is 19.7 Å². The number of alkyl halides is 3. The Kier molecular flexibility index (Phi) is 5.18. The molecule has 0 spiro atoms. The zero-order chi connectivity index (χ0) is 17.7. The summed E-state index contributed by atoms with van der Waals surface area (Å²) in [7, 11) is 0. The molecule has 0 unspecified atom stereocenters. The highest BCUT2D eigenvalue weighted by molar-refractivity contribution is 5.95. The van der Waals surface area contributed by atoms with Crippen LogP contribution in [0.3, 0.4) is 0 Å². The Morgan fingerprint density at radius 3 is 2.29 bits per heavy atom. The molecule has 0 saturated carbocycles. The molecule has 1 aromatic heterocycles. The number of benzene rings is 1. The van der Waals surface area contributed by atoms with Crippen LogP contribution in [-0.2, 0) is 28.7 Å². The highest BCUT2D eigenvalue weighted by Crippen LogP contribution is 2.27. The molecule has 0 aliphatic rings. The minimum Gasteiger partial charge on any atom is -0.305 e. The van der Waals surface area contributed by atoms with E-state index in [1.807, 2.05) is 5.32 Å². The summed E-state index contributed by atoms with van der Waals surface area (Å²) in [6.07, 6.45) is -4.14. The lowest BCUT2D eigenvalue weighted by atomic mass is 10.1. The van der Waals surface area contributed by atoms with Crippen LogP contribution in [0.25, 0.3) is 0 Å². The molecule has 0 atom stereocenters. The molecule has 8 heteroatoms. The van der Waals surface area contributed by atoms with Gasteiger partial charge in [0.05, 0.1) is 12.0 Å². The van der Waals surface area contributed by atoms with Gasteiger partial charge in [0.15, 0.2) is 0 Å². The van der Waals surface area contributed by atoms with Crippen molar-refractivity contribution in [2.24, 2.45) is 0 Å². The Bertz CT molecular complexity index is 798. The summed E-state index contributed by atoms with van der Waals surface area (Å²) in [5, 5.41) is 2.04. The van der Waals surface area contributed by atoms with Crippen molar-refractivity contribution in [3.05, 3.63) is 70.1 Å². The van der Waals surface area contributed by atoms with Gasteiger partial charge in [0.1, 0.15) is 6.54 Å². The van der Waals surface area contributed by atoms with Crippen molar-refractivity contribution in [3.63, 3.8) is 0 Å². The van der Waals surface area contributed by atoms with E-state index in [-0.39, 0.29) is 6.42 Å². The van der Waals surface area contributed by atoms with Crippen LogP contribution in [-0.4, -0.2) is 16.4 Å². The van der Waals surface area contributed by atoms with Gasteiger partial charge in [0.25, 0.3) is 5.56 Å². The van der Waals surface area contributed by atoms with Gasteiger partial charge in [0, 0.05) is 12.3 Å². The maximum atomic E-state index is 12.6. The van der Waals surface area contributed by atoms with Crippen molar-refractivity contribution in [1.29, 1.82) is 0 Å². The summed E-state index contributed by atoms with van der Waals surface area (Å²) in [5.74, 6) is -1.47. The number of carbonyl (C=O) groups is 2. The van der Waals surface area contributed by atoms with E-state index in [0.717, 1.165) is 6.07 Å². The van der Waals surface area contributed by atoms with Crippen LogP contribution >= 0.6 is 0 Å². The smallest absolute Gasteiger partial charge is 0.305 e. The third kappa shape index (κ3) is 4.80. The number of carbonyl (C=O) groups excluding carboxylic acids is 2. The van der Waals surface area contributed by atoms with Crippen LogP contribution in [0.5, 0.6) is 0 Å². The van der Waals surface area contributed by atoms with Gasteiger partial charge in [-0.15, -0.1) is 0 Å². The fourth-order valence-electron chi connectivity index (χ4n) is 2.00. The Balaban J connectivity index is 2.02. The molecular formula is C16H13F3N2O3. The Morgan fingerprint density at radius 1 is 1.00 bits per heavy atom. The van der Waals surface area contributed by atoms with Crippen molar-refractivity contribution in [3.8, 4) is 0 Å². The number of nitrogens with one attached hydrogen (secondary N) is 1. The molecule has 0 aliphatic carbocycles. The lowest BCUT2D eigenvalue weighted by Crippen LogP contribution is -2.37. The fraction of sp³-hybridized carbons (Fsp3) is 0.188. The minimum absolute atomic E-state index is 0.0515. The fourth-order valence-corrected chi connectivity index (χ4v) is 2.00. The van der Waals surface area contributed by atoms with Gasteiger partial charge in [-0.05, 0) is 11.6 Å². The predicted molar refractivity (Wildman–Crippen MR) is 79.0 cm³/mol. The van der Waals surface area contributed by atoms with Crippen molar-refractivity contribution >= 4 is 11.8 Å². The number of hydrogen-bond donors (Lipinski definition) is 1. The van der Waals surface area contributed by atoms with E-state index in [1.54, 1.807) is 30.3 Å². The van der Waals surface area contributed by atoms with Gasteiger partial charge in [-0.2, -0.15) is 13.2 Å². The maximum Gasteiger partial charge on any atom is 0.417 e. The van der Waals surface area contributed by atoms with Gasteiger partial charge in [-0.25, -0.2) is 0 Å². The van der Waals surface area contributed by atoms with E-state index in [4.69, 9.17) is 0 Å². The van der Waals surface area contributed by atoms with Crippen molar-refractivity contribution in [2.45, 2.75) is 19.1 Å². The van der Waals surface area contributed by atoms with Gasteiger partial charge < -0.3 is 4.57 Å². The van der Waals surface area contributed by atoms with Crippen molar-refractivity contribution in [1.82, 2.24) is 9.88 Å². The predicted octanol–water partition coefficient (Wildman–Crippen LogP) is 1.75. The molecule has 2 aromatic rings. The molecule has 0 aliphatic heterocycles. The number of hydrogen-bond acceptors (Lipinski definition) is 3. The zero-order valence-corrected chi connectivity index (χ0v) is 12.3. The van der Waals surface area contributed by atoms with Crippen LogP contribution in [0.1, 0.15) is 11.1 Å². The number of pyridine rings is 1. The van der Waals surface area contributed by atoms with Crippen LogP contribution < -0.4 is 10.9 Å². The van der Waals surface area contributed by atoms with Crippen LogP contribution in [0.15, 0.2) is 53.5 Å². The number of imide groups is 1. The molecule has 2 amide bonds. The summed E-state index contributed by atoms with van der Waals surface area (Å²) in [4.78, 5) is 35.0. The second kappa shape index (κ2) is 7.12. The molecule has 2 rings (SSSR count). The topological polar surface area (TPSA) is 68.2 Å². The Morgan fingerprint density at radius 2 is 1.67 bits per heavy atom. The minimum atomic E-state index is -4.63. The van der Waals surface area contributed by atoms with Crippen molar-refractivity contribution < 1.29 is 22.8 Å². The van der Waals surface area contributed by atoms with Gasteiger partial charge >= 0.3 is 6.18 Å². The molecule has 1 aromatic carbocycles. The van der Waals surface area contributed by atoms with E-state index in [2.05, 4.69) is 0 Å². The third-order valence-corrected chi connectivity index (χ3v) is 3.11. The molecular weight excluding hydrogens is 325 g/mol. The molecule has 1 N–H and O–H groups in total. The average Bonchev–Trinajstić information content (AvgIpc) is 2.49. The number of nitrogens with zero attached hydrogens (tertiary/aromatic N) is 1. The lowest BCUT2D eigenvalue weighted by molar-refractivity contribution is -0.138. The molecule has 0 fully saturated rings. The first-order valence-corrected chi connectivity index (χ1v) is 6.90. The third-order valence-electron chi connectivity index (χ3n) is 3.11. The zero-order valence-electron chi connectivity index (χ0n) is 12.3. The van der Waals surface area contributed by atoms with E-state index in [9.17, 15) is 27.6 Å². The largest absolute Gasteiger partial charge is 0.417 e. The summed E-state index contributed by atoms with van der Waals surface area (Å²) in [6, 6.07) is 9.98. The number of amides is 2. The summed E-state index contributed by atoms with van der Waals surface area (Å²) in [5.41, 5.74) is -1.14. The summed E-state index contributed by atoms with van der Waals surface area (Å²) >= 11 is 0. The van der Waals surface area contributed by atoms with Crippen LogP contribution in [0, 0.1) is 0 Å². The van der Waals surface area contributed by atoms with Crippen LogP contribution in [0.2, 0.25) is 0 Å². The number of rotatable bonds is 4. The summed E-state index contributed by atoms with van der Waals surface area (Å²) in [6.45, 7) is -0.677. The summed E-state index contributed by atoms with van der Waals surface area (Å²) < 4.78 is 38.5. The van der Waals surface area contributed by atoms with E-state index >= 15 is 0 Å². The lowest BCUT2D eigenvalue weighted by Gasteiger charge is -2.10. The molecule has 126 valence electrons. The second-order valence-corrected chi connectivity index (χ2v) is 5.02. The number of aromatic nitrogens is 1. The first-order chi connectivity index (χ1) is 11.3. The quantitative estimate of drug-likeness (QED) is 0.924. The first-order valence-electron chi connectivity index (χ1n) is 6.90. The molecule has 1 heterocycles. The standard InChI is InChI=1S/C16H13F3N2O3/c17-16(18,19)12-6-7-15(24)21(9-12)10-14(23)20-13(22)8-11-4-2-1-3-5-11/h1-7,9H,8,10H2,(H,20,22,23). The SMILES string of the molecule is O=C(Cc1ccccc1)NC(=O)Cn1cc(C(F)(F)F)ccc1=O. The van der Waals surface area contributed by atoms with Gasteiger partial charge in [0.2, 0.25) is 11.8 Å². The van der Waals surface area contributed by atoms with Crippen LogP contribution in [0.4, 0.5) is 13.2 Å². The molecule has 0 saturated heterocycles. The molecule has 24 heavy (non-hydrogen) atoms. The van der Waals surface area contributed by atoms with Gasteiger partial charge in [-0.1, -0.05) is 30.3 Å². The van der Waals surface area contributed by atoms with E-state index in [0.29, 0.717) is 22.4 Å².